The first-order chi connectivity index (χ1) is 9.42. The Hall–Kier alpha value is -1.56. The van der Waals surface area contributed by atoms with Crippen LogP contribution in [-0.2, 0) is 4.74 Å². The lowest BCUT2D eigenvalue weighted by molar-refractivity contribution is -0.274. The lowest BCUT2D eigenvalue weighted by atomic mass is 9.84. The molecule has 0 spiro atoms. The third-order valence-corrected chi connectivity index (χ3v) is 3.79. The molecule has 0 N–H and O–H groups in total. The van der Waals surface area contributed by atoms with Crippen molar-refractivity contribution in [1.82, 2.24) is 0 Å². The van der Waals surface area contributed by atoms with Gasteiger partial charge in [-0.15, -0.1) is 13.2 Å². The Balaban J connectivity index is 1.77. The Labute approximate surface area is 113 Å². The van der Waals surface area contributed by atoms with E-state index in [4.69, 9.17) is 4.74 Å². The molecule has 0 aliphatic carbocycles. The first-order valence-electron chi connectivity index (χ1n) is 6.48. The number of halogens is 3. The lowest BCUT2D eigenvalue weighted by Crippen LogP contribution is -2.25. The van der Waals surface area contributed by atoms with E-state index < -0.39 is 6.36 Å². The second kappa shape index (κ2) is 4.77. The average Bonchev–Trinajstić information content (AvgIpc) is 2.98. The van der Waals surface area contributed by atoms with Gasteiger partial charge in [0.2, 0.25) is 0 Å². The van der Waals surface area contributed by atoms with Crippen molar-refractivity contribution >= 4 is 5.78 Å². The van der Waals surface area contributed by atoms with Gasteiger partial charge >= 0.3 is 6.36 Å². The van der Waals surface area contributed by atoms with Gasteiger partial charge in [0.05, 0.1) is 18.1 Å². The van der Waals surface area contributed by atoms with Crippen LogP contribution in [0.15, 0.2) is 24.3 Å². The molecule has 2 saturated heterocycles. The van der Waals surface area contributed by atoms with Crippen LogP contribution in [0.25, 0.3) is 0 Å². The summed E-state index contributed by atoms with van der Waals surface area (Å²) in [7, 11) is 0. The maximum Gasteiger partial charge on any atom is 0.573 e. The van der Waals surface area contributed by atoms with Gasteiger partial charge in [0.15, 0.2) is 5.78 Å². The molecule has 108 valence electrons. The van der Waals surface area contributed by atoms with Crippen molar-refractivity contribution in [2.24, 2.45) is 5.92 Å². The van der Waals surface area contributed by atoms with Crippen LogP contribution in [0.1, 0.15) is 29.6 Å². The summed E-state index contributed by atoms with van der Waals surface area (Å²) < 4.78 is 46.0. The smallest absolute Gasteiger partial charge is 0.406 e. The number of alkyl halides is 3. The van der Waals surface area contributed by atoms with Gasteiger partial charge in [-0.05, 0) is 31.4 Å². The molecule has 1 aromatic rings. The van der Waals surface area contributed by atoms with Gasteiger partial charge in [0, 0.05) is 5.56 Å². The zero-order valence-corrected chi connectivity index (χ0v) is 10.5. The highest BCUT2D eigenvalue weighted by Gasteiger charge is 2.44. The molecule has 2 aliphatic heterocycles. The molecule has 3 unspecified atom stereocenters. The van der Waals surface area contributed by atoms with Crippen LogP contribution in [-0.4, -0.2) is 24.4 Å². The molecule has 3 nitrogen and oxygen atoms in total. The second-order valence-electron chi connectivity index (χ2n) is 5.16. The normalized spacial score (nSPS) is 28.6. The van der Waals surface area contributed by atoms with Crippen LogP contribution in [0.5, 0.6) is 5.75 Å². The maximum atomic E-state index is 12.3. The van der Waals surface area contributed by atoms with Crippen LogP contribution < -0.4 is 4.74 Å². The molecule has 3 rings (SSSR count). The number of hydrogen-bond acceptors (Lipinski definition) is 3. The fourth-order valence-electron chi connectivity index (χ4n) is 2.97. The largest absolute Gasteiger partial charge is 0.573 e. The average molecular weight is 286 g/mol. The van der Waals surface area contributed by atoms with Gasteiger partial charge in [-0.25, -0.2) is 0 Å². The van der Waals surface area contributed by atoms with E-state index in [0.29, 0.717) is 6.42 Å². The zero-order chi connectivity index (χ0) is 14.3. The molecule has 2 bridgehead atoms. The molecule has 2 aliphatic rings. The van der Waals surface area contributed by atoms with Crippen LogP contribution in [0.2, 0.25) is 0 Å². The lowest BCUT2D eigenvalue weighted by Gasteiger charge is -2.17. The molecule has 2 fully saturated rings. The summed E-state index contributed by atoms with van der Waals surface area (Å²) in [6.07, 6.45) is -2.24. The summed E-state index contributed by atoms with van der Waals surface area (Å²) in [6.45, 7) is 0. The molecule has 0 amide bonds. The minimum Gasteiger partial charge on any atom is -0.406 e. The Bertz CT molecular complexity index is 527. The van der Waals surface area contributed by atoms with Gasteiger partial charge in [-0.3, -0.25) is 4.79 Å². The number of hydrogen-bond donors (Lipinski definition) is 0. The standard InChI is InChI=1S/C14H13F3O3/c15-14(16,17)20-10-3-1-2-8(6-10)13(18)11-7-9-4-5-12(11)19-9/h1-3,6,9,11-12H,4-5,7H2. The first kappa shape index (κ1) is 13.4. The van der Waals surface area contributed by atoms with Crippen molar-refractivity contribution in [3.63, 3.8) is 0 Å². The number of Topliss-reactive ketones (excluding diaryl/α,β-unsaturated/α-hetero) is 1. The molecule has 3 atom stereocenters. The molecule has 0 radical (unpaired) electrons. The number of benzene rings is 1. The summed E-state index contributed by atoms with van der Waals surface area (Å²) in [4.78, 5) is 12.3. The molecule has 6 heteroatoms. The Morgan fingerprint density at radius 2 is 2.10 bits per heavy atom. The van der Waals surface area contributed by atoms with E-state index in [-0.39, 0.29) is 35.2 Å². The van der Waals surface area contributed by atoms with Crippen LogP contribution >= 0.6 is 0 Å². The fourth-order valence-corrected chi connectivity index (χ4v) is 2.97. The van der Waals surface area contributed by atoms with Gasteiger partial charge in [0.25, 0.3) is 0 Å². The number of rotatable bonds is 3. The van der Waals surface area contributed by atoms with E-state index in [1.807, 2.05) is 0 Å². The highest BCUT2D eigenvalue weighted by atomic mass is 19.4. The van der Waals surface area contributed by atoms with Crippen molar-refractivity contribution in [3.05, 3.63) is 29.8 Å². The van der Waals surface area contributed by atoms with Crippen LogP contribution in [0.3, 0.4) is 0 Å². The summed E-state index contributed by atoms with van der Waals surface area (Å²) in [5, 5.41) is 0. The Morgan fingerprint density at radius 3 is 2.70 bits per heavy atom. The Morgan fingerprint density at radius 1 is 1.30 bits per heavy atom. The monoisotopic (exact) mass is 286 g/mol. The van der Waals surface area contributed by atoms with Gasteiger partial charge in [-0.2, -0.15) is 0 Å². The fraction of sp³-hybridized carbons (Fsp3) is 0.500. The molecular formula is C14H13F3O3. The second-order valence-corrected chi connectivity index (χ2v) is 5.16. The highest BCUT2D eigenvalue weighted by molar-refractivity contribution is 5.98. The highest BCUT2D eigenvalue weighted by Crippen LogP contribution is 2.40. The van der Waals surface area contributed by atoms with Gasteiger partial charge in [-0.1, -0.05) is 12.1 Å². The predicted molar refractivity (Wildman–Crippen MR) is 63.5 cm³/mol. The van der Waals surface area contributed by atoms with Crippen molar-refractivity contribution < 1.29 is 27.4 Å². The van der Waals surface area contributed by atoms with E-state index in [2.05, 4.69) is 4.74 Å². The quantitative estimate of drug-likeness (QED) is 0.799. The third-order valence-electron chi connectivity index (χ3n) is 3.79. The van der Waals surface area contributed by atoms with Crippen LogP contribution in [0.4, 0.5) is 13.2 Å². The summed E-state index contributed by atoms with van der Waals surface area (Å²) in [5.41, 5.74) is 0.243. The maximum absolute atomic E-state index is 12.3. The minimum absolute atomic E-state index is 0.0836. The number of carbonyl (C=O) groups excluding carboxylic acids is 1. The van der Waals surface area contributed by atoms with Crippen molar-refractivity contribution in [1.29, 1.82) is 0 Å². The summed E-state index contributed by atoms with van der Waals surface area (Å²) >= 11 is 0. The van der Waals surface area contributed by atoms with Crippen LogP contribution in [0, 0.1) is 5.92 Å². The molecule has 20 heavy (non-hydrogen) atoms. The number of fused-ring (bicyclic) bond motifs is 2. The van der Waals surface area contributed by atoms with Crippen molar-refractivity contribution in [3.8, 4) is 5.75 Å². The molecule has 2 heterocycles. The number of ether oxygens (including phenoxy) is 2. The predicted octanol–water partition coefficient (Wildman–Crippen LogP) is 3.34. The summed E-state index contributed by atoms with van der Waals surface area (Å²) in [6, 6.07) is 5.23. The molecular weight excluding hydrogens is 273 g/mol. The number of carbonyl (C=O) groups is 1. The van der Waals surface area contributed by atoms with E-state index in [0.717, 1.165) is 18.9 Å². The van der Waals surface area contributed by atoms with E-state index in [1.54, 1.807) is 0 Å². The van der Waals surface area contributed by atoms with Crippen molar-refractivity contribution in [2.75, 3.05) is 0 Å². The Kier molecular flexibility index (Phi) is 3.20. The first-order valence-corrected chi connectivity index (χ1v) is 6.48. The van der Waals surface area contributed by atoms with Crippen molar-refractivity contribution in [2.45, 2.75) is 37.8 Å². The zero-order valence-electron chi connectivity index (χ0n) is 10.5. The third kappa shape index (κ3) is 2.65. The molecule has 1 aromatic carbocycles. The van der Waals surface area contributed by atoms with Gasteiger partial charge in [0.1, 0.15) is 5.75 Å². The van der Waals surface area contributed by atoms with E-state index in [1.165, 1.54) is 18.2 Å². The topological polar surface area (TPSA) is 35.5 Å². The molecule has 0 saturated carbocycles. The van der Waals surface area contributed by atoms with E-state index in [9.17, 15) is 18.0 Å². The molecule has 0 aromatic heterocycles. The van der Waals surface area contributed by atoms with E-state index >= 15 is 0 Å². The SMILES string of the molecule is O=C(c1cccc(OC(F)(F)F)c1)C1CC2CCC1O2. The summed E-state index contributed by atoms with van der Waals surface area (Å²) in [5.74, 6) is -0.771. The number of ketones is 1. The van der Waals surface area contributed by atoms with Gasteiger partial charge < -0.3 is 9.47 Å². The minimum atomic E-state index is -4.75.